The van der Waals surface area contributed by atoms with E-state index in [9.17, 15) is 0 Å². The van der Waals surface area contributed by atoms with Crippen molar-refractivity contribution in [2.45, 2.75) is 13.3 Å². The number of aromatic nitrogens is 1. The summed E-state index contributed by atoms with van der Waals surface area (Å²) in [6.45, 7) is 2.87. The second-order valence-electron chi connectivity index (χ2n) is 5.78. The first-order chi connectivity index (χ1) is 12.1. The molecule has 0 fully saturated rings. The lowest BCUT2D eigenvalue weighted by atomic mass is 10.1. The van der Waals surface area contributed by atoms with Crippen LogP contribution in [0.15, 0.2) is 42.5 Å². The Morgan fingerprint density at radius 3 is 2.68 bits per heavy atom. The number of nitrogens with one attached hydrogen (secondary N) is 3. The Bertz CT molecular complexity index is 890. The summed E-state index contributed by atoms with van der Waals surface area (Å²) in [6.07, 6.45) is 0.882. The summed E-state index contributed by atoms with van der Waals surface area (Å²) in [6, 6.07) is 14.2. The van der Waals surface area contributed by atoms with E-state index >= 15 is 0 Å². The van der Waals surface area contributed by atoms with E-state index in [1.807, 2.05) is 30.3 Å². The van der Waals surface area contributed by atoms with Crippen molar-refractivity contribution in [1.29, 1.82) is 0 Å². The monoisotopic (exact) mass is 465 g/mol. The zero-order chi connectivity index (χ0) is 17.8. The molecule has 0 aliphatic heterocycles. The van der Waals surface area contributed by atoms with Gasteiger partial charge in [0.25, 0.3) is 0 Å². The maximum absolute atomic E-state index is 5.38. The van der Waals surface area contributed by atoms with Crippen molar-refractivity contribution in [2.24, 2.45) is 0 Å². The number of ether oxygens (including phenoxy) is 1. The fourth-order valence-corrected chi connectivity index (χ4v) is 3.40. The first-order valence-electron chi connectivity index (χ1n) is 8.02. The molecule has 25 heavy (non-hydrogen) atoms. The van der Waals surface area contributed by atoms with Crippen LogP contribution in [-0.2, 0) is 6.42 Å². The van der Waals surface area contributed by atoms with Gasteiger partial charge in [0.1, 0.15) is 5.75 Å². The highest BCUT2D eigenvalue weighted by atomic mass is 127. The van der Waals surface area contributed by atoms with Crippen LogP contribution < -0.4 is 15.4 Å². The van der Waals surface area contributed by atoms with Gasteiger partial charge in [-0.05, 0) is 96.2 Å². The molecule has 6 heteroatoms. The van der Waals surface area contributed by atoms with Crippen LogP contribution in [-0.4, -0.2) is 23.8 Å². The Hall–Kier alpha value is -1.80. The van der Waals surface area contributed by atoms with Crippen molar-refractivity contribution in [3.8, 4) is 5.75 Å². The third-order valence-electron chi connectivity index (χ3n) is 4.09. The number of rotatable bonds is 5. The lowest BCUT2D eigenvalue weighted by Crippen LogP contribution is -2.30. The molecule has 130 valence electrons. The van der Waals surface area contributed by atoms with E-state index < -0.39 is 0 Å². The number of benzene rings is 2. The molecule has 0 atom stereocenters. The summed E-state index contributed by atoms with van der Waals surface area (Å²) in [7, 11) is 1.69. The average Bonchev–Trinajstić information content (AvgIpc) is 2.92. The zero-order valence-electron chi connectivity index (χ0n) is 14.2. The van der Waals surface area contributed by atoms with Crippen molar-refractivity contribution >= 4 is 56.5 Å². The standard InChI is InChI=1S/C19H20IN3OS/c1-12-16(17-11-15(24-2)7-8-18(17)22-12)9-10-21-19(25)23-14-5-3-13(20)4-6-14/h3-8,11,22H,9-10H2,1-2H3,(H2,21,23,25). The van der Waals surface area contributed by atoms with E-state index in [4.69, 9.17) is 17.0 Å². The summed E-state index contributed by atoms with van der Waals surface area (Å²) in [5.41, 5.74) is 4.60. The van der Waals surface area contributed by atoms with E-state index in [2.05, 4.69) is 57.3 Å². The maximum atomic E-state index is 5.38. The van der Waals surface area contributed by atoms with Crippen LogP contribution in [0.25, 0.3) is 10.9 Å². The molecule has 0 spiro atoms. The molecule has 3 aromatic rings. The fourth-order valence-electron chi connectivity index (χ4n) is 2.82. The molecule has 1 heterocycles. The quantitative estimate of drug-likeness (QED) is 0.380. The summed E-state index contributed by atoms with van der Waals surface area (Å²) in [4.78, 5) is 3.43. The minimum Gasteiger partial charge on any atom is -0.497 e. The largest absolute Gasteiger partial charge is 0.497 e. The summed E-state index contributed by atoms with van der Waals surface area (Å²) in [5, 5.41) is 8.33. The smallest absolute Gasteiger partial charge is 0.170 e. The number of aryl methyl sites for hydroxylation is 1. The highest BCUT2D eigenvalue weighted by Crippen LogP contribution is 2.26. The van der Waals surface area contributed by atoms with Crippen LogP contribution in [0.5, 0.6) is 5.75 Å². The third kappa shape index (κ3) is 4.43. The number of methoxy groups -OCH3 is 1. The first kappa shape index (κ1) is 18.0. The number of fused-ring (bicyclic) bond motifs is 1. The van der Waals surface area contributed by atoms with Crippen LogP contribution in [0.4, 0.5) is 5.69 Å². The Morgan fingerprint density at radius 1 is 1.20 bits per heavy atom. The number of hydrogen-bond donors (Lipinski definition) is 3. The molecule has 4 nitrogen and oxygen atoms in total. The van der Waals surface area contributed by atoms with Crippen LogP contribution in [0.1, 0.15) is 11.3 Å². The average molecular weight is 465 g/mol. The molecule has 3 rings (SSSR count). The van der Waals surface area contributed by atoms with Crippen LogP contribution in [0.2, 0.25) is 0 Å². The summed E-state index contributed by atoms with van der Waals surface area (Å²) >= 11 is 7.67. The van der Waals surface area contributed by atoms with Crippen LogP contribution >= 0.6 is 34.8 Å². The van der Waals surface area contributed by atoms with Gasteiger partial charge >= 0.3 is 0 Å². The van der Waals surface area contributed by atoms with Gasteiger partial charge in [-0.15, -0.1) is 0 Å². The Balaban J connectivity index is 1.61. The number of aromatic amines is 1. The first-order valence-corrected chi connectivity index (χ1v) is 9.51. The maximum Gasteiger partial charge on any atom is 0.170 e. The normalized spacial score (nSPS) is 10.7. The number of hydrogen-bond acceptors (Lipinski definition) is 2. The number of halogens is 1. The van der Waals surface area contributed by atoms with Crippen molar-refractivity contribution in [2.75, 3.05) is 19.0 Å². The van der Waals surface area contributed by atoms with Crippen LogP contribution in [0, 0.1) is 10.5 Å². The SMILES string of the molecule is COc1ccc2[nH]c(C)c(CCNC(=S)Nc3ccc(I)cc3)c2c1. The Morgan fingerprint density at radius 2 is 1.96 bits per heavy atom. The second-order valence-corrected chi connectivity index (χ2v) is 7.43. The minimum absolute atomic E-state index is 0.635. The summed E-state index contributed by atoms with van der Waals surface area (Å²) in [5.74, 6) is 0.872. The van der Waals surface area contributed by atoms with E-state index in [0.717, 1.165) is 29.9 Å². The van der Waals surface area contributed by atoms with Crippen LogP contribution in [0.3, 0.4) is 0 Å². The lowest BCUT2D eigenvalue weighted by Gasteiger charge is -2.11. The van der Waals surface area contributed by atoms with E-state index in [1.165, 1.54) is 20.2 Å². The molecule has 3 N–H and O–H groups in total. The zero-order valence-corrected chi connectivity index (χ0v) is 17.1. The molecule has 0 unspecified atom stereocenters. The van der Waals surface area contributed by atoms with E-state index in [1.54, 1.807) is 7.11 Å². The highest BCUT2D eigenvalue weighted by Gasteiger charge is 2.09. The molecule has 0 amide bonds. The van der Waals surface area contributed by atoms with Gasteiger partial charge in [0.05, 0.1) is 7.11 Å². The van der Waals surface area contributed by atoms with Gasteiger partial charge in [-0.1, -0.05) is 0 Å². The Kier molecular flexibility index (Phi) is 5.80. The predicted octanol–water partition coefficient (Wildman–Crippen LogP) is 4.62. The number of thiocarbonyl (C=S) groups is 1. The minimum atomic E-state index is 0.635. The molecular formula is C19H20IN3OS. The van der Waals surface area contributed by atoms with Crippen molar-refractivity contribution in [3.63, 3.8) is 0 Å². The summed E-state index contributed by atoms with van der Waals surface area (Å²) < 4.78 is 6.54. The van der Waals surface area contributed by atoms with Crippen molar-refractivity contribution in [3.05, 3.63) is 57.3 Å². The molecular weight excluding hydrogens is 445 g/mol. The van der Waals surface area contributed by atoms with E-state index in [0.29, 0.717) is 5.11 Å². The van der Waals surface area contributed by atoms with Crippen molar-refractivity contribution in [1.82, 2.24) is 10.3 Å². The number of H-pyrrole nitrogens is 1. The molecule has 1 aromatic heterocycles. The van der Waals surface area contributed by atoms with Gasteiger partial charge in [-0.2, -0.15) is 0 Å². The van der Waals surface area contributed by atoms with Gasteiger partial charge in [0, 0.05) is 32.4 Å². The van der Waals surface area contributed by atoms with Crippen molar-refractivity contribution < 1.29 is 4.74 Å². The van der Waals surface area contributed by atoms with Gasteiger partial charge < -0.3 is 20.4 Å². The molecule has 0 radical (unpaired) electrons. The van der Waals surface area contributed by atoms with Gasteiger partial charge in [-0.3, -0.25) is 0 Å². The number of anilines is 1. The van der Waals surface area contributed by atoms with Gasteiger partial charge in [0.2, 0.25) is 0 Å². The topological polar surface area (TPSA) is 49.1 Å². The third-order valence-corrected chi connectivity index (χ3v) is 5.05. The molecule has 0 saturated carbocycles. The molecule has 2 aromatic carbocycles. The Labute approximate surface area is 166 Å². The second kappa shape index (κ2) is 8.05. The van der Waals surface area contributed by atoms with Gasteiger partial charge in [0.15, 0.2) is 5.11 Å². The molecule has 0 saturated heterocycles. The molecule has 0 aliphatic carbocycles. The predicted molar refractivity (Wildman–Crippen MR) is 117 cm³/mol. The fraction of sp³-hybridized carbons (Fsp3) is 0.211. The van der Waals surface area contributed by atoms with E-state index in [-0.39, 0.29) is 0 Å². The highest BCUT2D eigenvalue weighted by molar-refractivity contribution is 14.1. The van der Waals surface area contributed by atoms with Gasteiger partial charge in [-0.25, -0.2) is 0 Å². The molecule has 0 bridgehead atoms. The molecule has 0 aliphatic rings. The lowest BCUT2D eigenvalue weighted by molar-refractivity contribution is 0.415.